The van der Waals surface area contributed by atoms with E-state index in [1.54, 1.807) is 0 Å². The minimum atomic E-state index is -0.444. The number of benzene rings is 1. The van der Waals surface area contributed by atoms with Crippen LogP contribution < -0.4 is 5.73 Å². The van der Waals surface area contributed by atoms with Gasteiger partial charge in [0.05, 0.1) is 6.04 Å². The van der Waals surface area contributed by atoms with E-state index in [0.717, 1.165) is 5.56 Å². The van der Waals surface area contributed by atoms with Gasteiger partial charge in [0.15, 0.2) is 0 Å². The number of hydrogen-bond donors (Lipinski definition) is 1. The van der Waals surface area contributed by atoms with Gasteiger partial charge >= 0.3 is 0 Å². The summed E-state index contributed by atoms with van der Waals surface area (Å²) in [5, 5.41) is 0. The standard InChI is InChI=1S/C14H20N2O/c1-10(11-8-6-5-7-9-11)16-12(13(15)17)14(2,3)4/h5-10H,1-4H3,(H2,15,17)/b16-12+/t10-/m0/s1. The van der Waals surface area contributed by atoms with Crippen LogP contribution >= 0.6 is 0 Å². The molecule has 1 aromatic rings. The third-order valence-electron chi connectivity index (χ3n) is 2.55. The van der Waals surface area contributed by atoms with Gasteiger partial charge in [0.2, 0.25) is 0 Å². The molecular weight excluding hydrogens is 212 g/mol. The summed E-state index contributed by atoms with van der Waals surface area (Å²) in [6.07, 6.45) is 0. The van der Waals surface area contributed by atoms with Crippen molar-refractivity contribution in [1.82, 2.24) is 0 Å². The quantitative estimate of drug-likeness (QED) is 0.800. The first-order valence-corrected chi connectivity index (χ1v) is 5.75. The van der Waals surface area contributed by atoms with Crippen LogP contribution in [0.4, 0.5) is 0 Å². The molecule has 1 atom stereocenters. The largest absolute Gasteiger partial charge is 0.365 e. The smallest absolute Gasteiger partial charge is 0.263 e. The van der Waals surface area contributed by atoms with Crippen molar-refractivity contribution < 1.29 is 4.79 Å². The summed E-state index contributed by atoms with van der Waals surface area (Å²) >= 11 is 0. The van der Waals surface area contributed by atoms with Gasteiger partial charge in [-0.05, 0) is 12.5 Å². The molecule has 0 aliphatic rings. The van der Waals surface area contributed by atoms with Crippen LogP contribution in [-0.4, -0.2) is 11.6 Å². The van der Waals surface area contributed by atoms with Crippen molar-refractivity contribution in [3.05, 3.63) is 35.9 Å². The number of rotatable bonds is 3. The Kier molecular flexibility index (Phi) is 4.05. The van der Waals surface area contributed by atoms with Gasteiger partial charge in [-0.1, -0.05) is 51.1 Å². The first kappa shape index (κ1) is 13.4. The second kappa shape index (κ2) is 5.13. The lowest BCUT2D eigenvalue weighted by Crippen LogP contribution is -2.34. The molecule has 0 fully saturated rings. The van der Waals surface area contributed by atoms with Crippen molar-refractivity contribution in [2.75, 3.05) is 0 Å². The van der Waals surface area contributed by atoms with Crippen LogP contribution in [0.25, 0.3) is 0 Å². The second-order valence-corrected chi connectivity index (χ2v) is 5.18. The summed E-state index contributed by atoms with van der Waals surface area (Å²) in [4.78, 5) is 15.9. The van der Waals surface area contributed by atoms with E-state index in [4.69, 9.17) is 5.73 Å². The second-order valence-electron chi connectivity index (χ2n) is 5.18. The van der Waals surface area contributed by atoms with Crippen LogP contribution in [0.15, 0.2) is 35.3 Å². The Morgan fingerprint density at radius 3 is 2.18 bits per heavy atom. The summed E-state index contributed by atoms with van der Waals surface area (Å²) < 4.78 is 0. The highest BCUT2D eigenvalue weighted by Crippen LogP contribution is 2.22. The van der Waals surface area contributed by atoms with Crippen molar-refractivity contribution in [2.45, 2.75) is 33.7 Å². The number of hydrogen-bond acceptors (Lipinski definition) is 2. The van der Waals surface area contributed by atoms with Crippen LogP contribution in [0.5, 0.6) is 0 Å². The number of aliphatic imine (C=N–C) groups is 1. The van der Waals surface area contributed by atoms with E-state index in [2.05, 4.69) is 4.99 Å². The fraction of sp³-hybridized carbons (Fsp3) is 0.429. The molecule has 92 valence electrons. The van der Waals surface area contributed by atoms with Crippen LogP contribution in [0.3, 0.4) is 0 Å². The minimum absolute atomic E-state index is 0.0575. The lowest BCUT2D eigenvalue weighted by atomic mass is 9.89. The maximum atomic E-state index is 11.4. The van der Waals surface area contributed by atoms with Crippen LogP contribution in [0.2, 0.25) is 0 Å². The van der Waals surface area contributed by atoms with E-state index in [1.165, 1.54) is 0 Å². The third-order valence-corrected chi connectivity index (χ3v) is 2.55. The molecule has 0 bridgehead atoms. The van der Waals surface area contributed by atoms with Crippen LogP contribution in [-0.2, 0) is 4.79 Å². The van der Waals surface area contributed by atoms with Gasteiger partial charge in [0, 0.05) is 5.41 Å². The fourth-order valence-corrected chi connectivity index (χ4v) is 1.63. The molecule has 0 heterocycles. The Bertz CT molecular complexity index is 416. The zero-order chi connectivity index (χ0) is 13.1. The molecule has 1 amide bonds. The topological polar surface area (TPSA) is 55.4 Å². The molecule has 0 aliphatic carbocycles. The average Bonchev–Trinajstić information content (AvgIpc) is 2.24. The Labute approximate surface area is 103 Å². The molecule has 1 rings (SSSR count). The molecular formula is C14H20N2O. The van der Waals surface area contributed by atoms with E-state index in [0.29, 0.717) is 5.71 Å². The highest BCUT2D eigenvalue weighted by Gasteiger charge is 2.24. The first-order chi connectivity index (χ1) is 7.82. The van der Waals surface area contributed by atoms with Crippen molar-refractivity contribution in [3.8, 4) is 0 Å². The number of amides is 1. The van der Waals surface area contributed by atoms with Gasteiger partial charge in [-0.2, -0.15) is 0 Å². The molecule has 0 saturated heterocycles. The van der Waals surface area contributed by atoms with E-state index in [9.17, 15) is 4.79 Å². The Morgan fingerprint density at radius 2 is 1.76 bits per heavy atom. The van der Waals surface area contributed by atoms with E-state index in [1.807, 2.05) is 58.0 Å². The molecule has 0 aromatic heterocycles. The molecule has 2 N–H and O–H groups in total. The van der Waals surface area contributed by atoms with Crippen molar-refractivity contribution in [3.63, 3.8) is 0 Å². The van der Waals surface area contributed by atoms with Gasteiger partial charge in [-0.15, -0.1) is 0 Å². The summed E-state index contributed by atoms with van der Waals surface area (Å²) in [5.74, 6) is -0.444. The van der Waals surface area contributed by atoms with Gasteiger partial charge in [0.25, 0.3) is 5.91 Å². The van der Waals surface area contributed by atoms with Gasteiger partial charge in [-0.3, -0.25) is 9.79 Å². The number of carbonyl (C=O) groups is 1. The Hall–Kier alpha value is -1.64. The minimum Gasteiger partial charge on any atom is -0.365 e. The van der Waals surface area contributed by atoms with Gasteiger partial charge in [-0.25, -0.2) is 0 Å². The van der Waals surface area contributed by atoms with Crippen molar-refractivity contribution >= 4 is 11.6 Å². The normalized spacial score (nSPS) is 14.5. The summed E-state index contributed by atoms with van der Waals surface area (Å²) in [5.41, 5.74) is 6.57. The van der Waals surface area contributed by atoms with E-state index in [-0.39, 0.29) is 11.5 Å². The maximum Gasteiger partial charge on any atom is 0.263 e. The number of primary amides is 1. The molecule has 0 spiro atoms. The third kappa shape index (κ3) is 3.70. The maximum absolute atomic E-state index is 11.4. The zero-order valence-electron chi connectivity index (χ0n) is 10.9. The van der Waals surface area contributed by atoms with Gasteiger partial charge < -0.3 is 5.73 Å². The molecule has 17 heavy (non-hydrogen) atoms. The predicted octanol–water partition coefficient (Wildman–Crippen LogP) is 2.72. The first-order valence-electron chi connectivity index (χ1n) is 5.75. The predicted molar refractivity (Wildman–Crippen MR) is 70.9 cm³/mol. The van der Waals surface area contributed by atoms with Crippen molar-refractivity contribution in [1.29, 1.82) is 0 Å². The molecule has 1 aromatic carbocycles. The molecule has 0 unspecified atom stereocenters. The molecule has 0 radical (unpaired) electrons. The van der Waals surface area contributed by atoms with Crippen LogP contribution in [0.1, 0.15) is 39.3 Å². The van der Waals surface area contributed by atoms with E-state index >= 15 is 0 Å². The monoisotopic (exact) mass is 232 g/mol. The Balaban J connectivity index is 3.04. The number of carbonyl (C=O) groups excluding carboxylic acids is 1. The fourth-order valence-electron chi connectivity index (χ4n) is 1.63. The number of nitrogens with two attached hydrogens (primary N) is 1. The molecule has 3 nitrogen and oxygen atoms in total. The molecule has 0 aliphatic heterocycles. The van der Waals surface area contributed by atoms with E-state index < -0.39 is 5.91 Å². The lowest BCUT2D eigenvalue weighted by Gasteiger charge is -2.20. The summed E-state index contributed by atoms with van der Waals surface area (Å²) in [6, 6.07) is 9.81. The lowest BCUT2D eigenvalue weighted by molar-refractivity contribution is -0.112. The zero-order valence-corrected chi connectivity index (χ0v) is 10.9. The summed E-state index contributed by atoms with van der Waals surface area (Å²) in [7, 11) is 0. The number of nitrogens with zero attached hydrogens (tertiary/aromatic N) is 1. The van der Waals surface area contributed by atoms with Crippen molar-refractivity contribution in [2.24, 2.45) is 16.1 Å². The summed E-state index contributed by atoms with van der Waals surface area (Å²) in [6.45, 7) is 7.78. The average molecular weight is 232 g/mol. The molecule has 3 heteroatoms. The van der Waals surface area contributed by atoms with Crippen LogP contribution in [0, 0.1) is 5.41 Å². The highest BCUT2D eigenvalue weighted by atomic mass is 16.1. The molecule has 0 saturated carbocycles. The SMILES string of the molecule is C[C@H](/N=C(\C(N)=O)C(C)(C)C)c1ccccc1. The van der Waals surface area contributed by atoms with Gasteiger partial charge in [0.1, 0.15) is 5.71 Å². The Morgan fingerprint density at radius 1 is 1.24 bits per heavy atom. The highest BCUT2D eigenvalue weighted by molar-refractivity contribution is 6.40.